The number of benzene rings is 2. The first-order valence-electron chi connectivity index (χ1n) is 9.07. The number of hydrogen-bond acceptors (Lipinski definition) is 8. The third-order valence-electron chi connectivity index (χ3n) is 4.29. The SMILES string of the molecule is O=C(CCCNc1ccc([N+](=O)[O-])cc1)Nc1nc2cc3c(cc2s1)OCCO3. The summed E-state index contributed by atoms with van der Waals surface area (Å²) in [4.78, 5) is 26.8. The van der Waals surface area contributed by atoms with E-state index in [2.05, 4.69) is 15.6 Å². The normalized spacial score (nSPS) is 12.6. The Kier molecular flexibility index (Phi) is 5.43. The van der Waals surface area contributed by atoms with Crippen molar-refractivity contribution in [2.45, 2.75) is 12.8 Å². The second-order valence-electron chi connectivity index (χ2n) is 6.37. The molecule has 0 bridgehead atoms. The molecule has 10 heteroatoms. The van der Waals surface area contributed by atoms with Gasteiger partial charge < -0.3 is 20.1 Å². The van der Waals surface area contributed by atoms with Crippen LogP contribution in [-0.4, -0.2) is 35.6 Å². The van der Waals surface area contributed by atoms with E-state index in [0.717, 1.165) is 15.9 Å². The monoisotopic (exact) mass is 414 g/mol. The quantitative estimate of drug-likeness (QED) is 0.343. The van der Waals surface area contributed by atoms with Crippen molar-refractivity contribution in [3.63, 3.8) is 0 Å². The van der Waals surface area contributed by atoms with E-state index in [1.54, 1.807) is 12.1 Å². The maximum Gasteiger partial charge on any atom is 0.269 e. The van der Waals surface area contributed by atoms with E-state index in [1.165, 1.54) is 23.5 Å². The molecule has 0 saturated carbocycles. The van der Waals surface area contributed by atoms with Crippen LogP contribution in [0.2, 0.25) is 0 Å². The molecule has 3 aromatic rings. The van der Waals surface area contributed by atoms with Crippen LogP contribution in [0.25, 0.3) is 10.2 Å². The van der Waals surface area contributed by atoms with Crippen LogP contribution in [0.3, 0.4) is 0 Å². The Hall–Kier alpha value is -3.40. The van der Waals surface area contributed by atoms with E-state index < -0.39 is 4.92 Å². The standard InChI is InChI=1S/C19H18N4O5S/c24-18(2-1-7-20-12-3-5-13(6-4-12)23(25)26)22-19-21-14-10-15-16(11-17(14)29-19)28-9-8-27-15/h3-6,10-11,20H,1-2,7-9H2,(H,21,22,24). The fraction of sp³-hybridized carbons (Fsp3) is 0.263. The van der Waals surface area contributed by atoms with Crippen molar-refractivity contribution >= 4 is 44.0 Å². The lowest BCUT2D eigenvalue weighted by atomic mass is 10.2. The van der Waals surface area contributed by atoms with Gasteiger partial charge in [0.05, 0.1) is 15.1 Å². The van der Waals surface area contributed by atoms with Crippen LogP contribution in [0.1, 0.15) is 12.8 Å². The molecule has 0 spiro atoms. The Bertz CT molecular complexity index is 1010. The van der Waals surface area contributed by atoms with Crippen LogP contribution >= 0.6 is 11.3 Å². The smallest absolute Gasteiger partial charge is 0.269 e. The van der Waals surface area contributed by atoms with E-state index in [0.29, 0.717) is 49.2 Å². The fourth-order valence-electron chi connectivity index (χ4n) is 2.88. The average Bonchev–Trinajstić information content (AvgIpc) is 3.10. The average molecular weight is 414 g/mol. The number of fused-ring (bicyclic) bond motifs is 2. The van der Waals surface area contributed by atoms with Crippen LogP contribution in [-0.2, 0) is 4.79 Å². The van der Waals surface area contributed by atoms with Gasteiger partial charge in [-0.25, -0.2) is 4.98 Å². The number of rotatable bonds is 7. The number of hydrogen-bond donors (Lipinski definition) is 2. The van der Waals surface area contributed by atoms with Gasteiger partial charge in [-0.15, -0.1) is 0 Å². The highest BCUT2D eigenvalue weighted by atomic mass is 32.1. The molecule has 1 amide bonds. The summed E-state index contributed by atoms with van der Waals surface area (Å²) in [6.45, 7) is 1.61. The van der Waals surface area contributed by atoms with Crippen molar-refractivity contribution in [1.29, 1.82) is 0 Å². The summed E-state index contributed by atoms with van der Waals surface area (Å²) in [5, 5.41) is 17.1. The van der Waals surface area contributed by atoms with Crippen LogP contribution in [0.5, 0.6) is 11.5 Å². The molecule has 2 N–H and O–H groups in total. The molecule has 4 rings (SSSR count). The van der Waals surface area contributed by atoms with Crippen molar-refractivity contribution in [2.24, 2.45) is 0 Å². The molecule has 1 aliphatic heterocycles. The van der Waals surface area contributed by atoms with Crippen molar-refractivity contribution in [3.8, 4) is 11.5 Å². The van der Waals surface area contributed by atoms with Crippen LogP contribution in [0.4, 0.5) is 16.5 Å². The molecule has 0 unspecified atom stereocenters. The largest absolute Gasteiger partial charge is 0.486 e. The second kappa shape index (κ2) is 8.31. The number of non-ortho nitro benzene ring substituents is 1. The van der Waals surface area contributed by atoms with E-state index in [-0.39, 0.29) is 11.6 Å². The zero-order valence-corrected chi connectivity index (χ0v) is 16.2. The molecular formula is C19H18N4O5S. The highest BCUT2D eigenvalue weighted by molar-refractivity contribution is 7.22. The van der Waals surface area contributed by atoms with Crippen molar-refractivity contribution in [2.75, 3.05) is 30.4 Å². The van der Waals surface area contributed by atoms with Gasteiger partial charge in [-0.3, -0.25) is 14.9 Å². The number of nitro groups is 1. The predicted octanol–water partition coefficient (Wildman–Crippen LogP) is 3.81. The highest BCUT2D eigenvalue weighted by Gasteiger charge is 2.16. The number of thiazole rings is 1. The van der Waals surface area contributed by atoms with Gasteiger partial charge in [-0.1, -0.05) is 11.3 Å². The minimum absolute atomic E-state index is 0.0461. The lowest BCUT2D eigenvalue weighted by Crippen LogP contribution is -2.15. The number of ether oxygens (including phenoxy) is 2. The van der Waals surface area contributed by atoms with Gasteiger partial charge in [-0.2, -0.15) is 0 Å². The molecule has 9 nitrogen and oxygen atoms in total. The molecule has 1 aliphatic rings. The first-order valence-corrected chi connectivity index (χ1v) is 9.88. The lowest BCUT2D eigenvalue weighted by Gasteiger charge is -2.17. The van der Waals surface area contributed by atoms with Gasteiger partial charge in [0, 0.05) is 42.9 Å². The Labute approximate surface area is 169 Å². The topological polar surface area (TPSA) is 116 Å². The minimum Gasteiger partial charge on any atom is -0.486 e. The minimum atomic E-state index is -0.439. The summed E-state index contributed by atoms with van der Waals surface area (Å²) in [7, 11) is 0. The number of nitro benzene ring substituents is 1. The summed E-state index contributed by atoms with van der Waals surface area (Å²) in [6, 6.07) is 9.88. The lowest BCUT2D eigenvalue weighted by molar-refractivity contribution is -0.384. The Morgan fingerprint density at radius 2 is 1.90 bits per heavy atom. The fourth-order valence-corrected chi connectivity index (χ4v) is 3.78. The van der Waals surface area contributed by atoms with E-state index in [9.17, 15) is 14.9 Å². The van der Waals surface area contributed by atoms with E-state index >= 15 is 0 Å². The van der Waals surface area contributed by atoms with Crippen molar-refractivity contribution < 1.29 is 19.2 Å². The Morgan fingerprint density at radius 3 is 2.62 bits per heavy atom. The molecule has 1 aromatic heterocycles. The summed E-state index contributed by atoms with van der Waals surface area (Å²) in [5.41, 5.74) is 1.58. The van der Waals surface area contributed by atoms with E-state index in [1.807, 2.05) is 12.1 Å². The van der Waals surface area contributed by atoms with Crippen molar-refractivity contribution in [1.82, 2.24) is 4.98 Å². The Morgan fingerprint density at radius 1 is 1.17 bits per heavy atom. The first kappa shape index (κ1) is 18.9. The number of nitrogens with zero attached hydrogens (tertiary/aromatic N) is 2. The zero-order valence-electron chi connectivity index (χ0n) is 15.3. The van der Waals surface area contributed by atoms with Crippen LogP contribution in [0, 0.1) is 10.1 Å². The van der Waals surface area contributed by atoms with Gasteiger partial charge in [0.2, 0.25) is 5.91 Å². The number of amides is 1. The predicted molar refractivity (Wildman–Crippen MR) is 110 cm³/mol. The Balaban J connectivity index is 1.26. The number of nitrogens with one attached hydrogen (secondary N) is 2. The molecule has 0 atom stereocenters. The van der Waals surface area contributed by atoms with Gasteiger partial charge in [-0.05, 0) is 18.6 Å². The molecular weight excluding hydrogens is 396 g/mol. The molecule has 0 fully saturated rings. The number of anilines is 2. The maximum atomic E-state index is 12.2. The molecule has 29 heavy (non-hydrogen) atoms. The molecule has 2 aromatic carbocycles. The van der Waals surface area contributed by atoms with Gasteiger partial charge in [0.25, 0.3) is 5.69 Å². The summed E-state index contributed by atoms with van der Waals surface area (Å²) in [5.74, 6) is 1.25. The molecule has 0 aliphatic carbocycles. The van der Waals surface area contributed by atoms with Crippen LogP contribution in [0.15, 0.2) is 36.4 Å². The van der Waals surface area contributed by atoms with Gasteiger partial charge in [0.15, 0.2) is 16.6 Å². The molecule has 0 radical (unpaired) electrons. The number of carbonyl (C=O) groups excluding carboxylic acids is 1. The third-order valence-corrected chi connectivity index (χ3v) is 5.22. The molecule has 2 heterocycles. The van der Waals surface area contributed by atoms with Crippen LogP contribution < -0.4 is 20.1 Å². The maximum absolute atomic E-state index is 12.2. The zero-order chi connectivity index (χ0) is 20.2. The summed E-state index contributed by atoms with van der Waals surface area (Å²) >= 11 is 1.39. The number of aromatic nitrogens is 1. The summed E-state index contributed by atoms with van der Waals surface area (Å²) < 4.78 is 12.0. The van der Waals surface area contributed by atoms with Gasteiger partial charge in [0.1, 0.15) is 13.2 Å². The van der Waals surface area contributed by atoms with Gasteiger partial charge >= 0.3 is 0 Å². The molecule has 150 valence electrons. The second-order valence-corrected chi connectivity index (χ2v) is 7.40. The summed E-state index contributed by atoms with van der Waals surface area (Å²) in [6.07, 6.45) is 0.947. The van der Waals surface area contributed by atoms with E-state index in [4.69, 9.17) is 9.47 Å². The highest BCUT2D eigenvalue weighted by Crippen LogP contribution is 2.37. The molecule has 0 saturated heterocycles. The number of carbonyl (C=O) groups is 1. The first-order chi connectivity index (χ1) is 14.1. The third kappa shape index (κ3) is 4.54. The van der Waals surface area contributed by atoms with Crippen molar-refractivity contribution in [3.05, 3.63) is 46.5 Å².